The molecule has 3 fully saturated rings. The fraction of sp³-hybridized carbons (Fsp3) is 1.00. The summed E-state index contributed by atoms with van der Waals surface area (Å²) in [6, 6.07) is 0. The lowest BCUT2D eigenvalue weighted by Gasteiger charge is -2.44. The maximum atomic E-state index is 10.3. The lowest BCUT2D eigenvalue weighted by Crippen LogP contribution is -2.63. The van der Waals surface area contributed by atoms with Crippen molar-refractivity contribution in [3.8, 4) is 0 Å². The molecule has 11 N–H and O–H groups in total. The number of aliphatic hydroxyl groups excluding tert-OH is 11. The fourth-order valence-electron chi connectivity index (χ4n) is 4.14. The minimum absolute atomic E-state index is 0.709. The first-order valence-corrected chi connectivity index (χ1v) is 10.5. The van der Waals surface area contributed by atoms with Gasteiger partial charge in [-0.3, -0.25) is 0 Å². The zero-order valence-corrected chi connectivity index (χ0v) is 17.8. The molecular formula is C18H32O16. The first-order valence-electron chi connectivity index (χ1n) is 10.5. The Morgan fingerprint density at radius 1 is 0.588 bits per heavy atom. The summed E-state index contributed by atoms with van der Waals surface area (Å²) in [6.45, 7) is -4.23. The molecular weight excluding hydrogens is 472 g/mol. The van der Waals surface area contributed by atoms with Crippen LogP contribution < -0.4 is 0 Å². The summed E-state index contributed by atoms with van der Waals surface area (Å²) in [7, 11) is 0. The number of ether oxygens (including phenoxy) is 5. The molecule has 0 bridgehead atoms. The molecule has 3 rings (SSSR count). The van der Waals surface area contributed by atoms with Crippen LogP contribution in [0.25, 0.3) is 0 Å². The van der Waals surface area contributed by atoms with Gasteiger partial charge in [-0.2, -0.15) is 0 Å². The third kappa shape index (κ3) is 4.71. The van der Waals surface area contributed by atoms with E-state index in [-0.39, 0.29) is 0 Å². The van der Waals surface area contributed by atoms with Crippen molar-refractivity contribution in [2.75, 3.05) is 33.0 Å². The van der Waals surface area contributed by atoms with Gasteiger partial charge in [0.2, 0.25) is 11.6 Å². The molecule has 0 aliphatic carbocycles. The molecule has 16 nitrogen and oxygen atoms in total. The van der Waals surface area contributed by atoms with E-state index in [1.807, 2.05) is 0 Å². The Bertz CT molecular complexity index is 668. The Labute approximate surface area is 192 Å². The molecule has 3 aliphatic rings. The van der Waals surface area contributed by atoms with Crippen LogP contribution in [-0.4, -0.2) is 168 Å². The van der Waals surface area contributed by atoms with E-state index >= 15 is 0 Å². The van der Waals surface area contributed by atoms with Gasteiger partial charge >= 0.3 is 0 Å². The molecule has 0 amide bonds. The molecule has 0 aromatic carbocycles. The van der Waals surface area contributed by atoms with Crippen LogP contribution >= 0.6 is 0 Å². The third-order valence-electron chi connectivity index (χ3n) is 6.29. The van der Waals surface area contributed by atoms with E-state index in [0.29, 0.717) is 0 Å². The molecule has 3 heterocycles. The smallest absolute Gasteiger partial charge is 0.224 e. The van der Waals surface area contributed by atoms with Crippen molar-refractivity contribution in [3.63, 3.8) is 0 Å². The third-order valence-corrected chi connectivity index (χ3v) is 6.29. The van der Waals surface area contributed by atoms with Gasteiger partial charge in [0, 0.05) is 0 Å². The van der Waals surface area contributed by atoms with Crippen LogP contribution in [0.4, 0.5) is 0 Å². The molecule has 0 spiro atoms. The molecule has 0 unspecified atom stereocenters. The summed E-state index contributed by atoms with van der Waals surface area (Å²) in [4.78, 5) is 0. The molecule has 34 heavy (non-hydrogen) atoms. The SMILES string of the molecule is OC[C@H]1O[C@@](CO)(OC[C@H]2O[C@H](O[C@]3(CO)O[C@H](CO)[C@@H](O)[C@@H]3O)[C@H](O)[C@@H](O)[C@@H]2O)[C@@H](O)[C@@H]1O. The highest BCUT2D eigenvalue weighted by Gasteiger charge is 2.59. The highest BCUT2D eigenvalue weighted by molar-refractivity contribution is 4.99. The van der Waals surface area contributed by atoms with E-state index in [1.165, 1.54) is 0 Å². The van der Waals surface area contributed by atoms with E-state index in [0.717, 1.165) is 0 Å². The summed E-state index contributed by atoms with van der Waals surface area (Å²) < 4.78 is 26.6. The molecule has 200 valence electrons. The molecule has 3 saturated heterocycles. The maximum Gasteiger partial charge on any atom is 0.224 e. The van der Waals surface area contributed by atoms with E-state index in [9.17, 15) is 56.2 Å². The van der Waals surface area contributed by atoms with Crippen molar-refractivity contribution in [2.24, 2.45) is 0 Å². The molecule has 0 radical (unpaired) electrons. The van der Waals surface area contributed by atoms with Gasteiger partial charge < -0.3 is 79.9 Å². The molecule has 16 heteroatoms. The monoisotopic (exact) mass is 504 g/mol. The lowest BCUT2D eigenvalue weighted by atomic mass is 9.98. The van der Waals surface area contributed by atoms with Gasteiger partial charge in [0.25, 0.3) is 0 Å². The number of hydrogen-bond acceptors (Lipinski definition) is 16. The predicted molar refractivity (Wildman–Crippen MR) is 101 cm³/mol. The fourth-order valence-corrected chi connectivity index (χ4v) is 4.14. The van der Waals surface area contributed by atoms with Crippen molar-refractivity contribution < 1.29 is 79.9 Å². The van der Waals surface area contributed by atoms with Crippen molar-refractivity contribution >= 4 is 0 Å². The summed E-state index contributed by atoms with van der Waals surface area (Å²) in [5, 5.41) is 109. The minimum atomic E-state index is -2.37. The minimum Gasteiger partial charge on any atom is -0.394 e. The van der Waals surface area contributed by atoms with Crippen LogP contribution in [-0.2, 0) is 23.7 Å². The van der Waals surface area contributed by atoms with E-state index in [4.69, 9.17) is 23.7 Å². The lowest BCUT2D eigenvalue weighted by molar-refractivity contribution is -0.389. The highest BCUT2D eigenvalue weighted by Crippen LogP contribution is 2.37. The molecule has 13 atom stereocenters. The Hall–Kier alpha value is -0.640. The normalized spacial score (nSPS) is 51.8. The van der Waals surface area contributed by atoms with Crippen LogP contribution in [0.3, 0.4) is 0 Å². The summed E-state index contributed by atoms with van der Waals surface area (Å²) in [6.07, 6.45) is -18.7. The largest absolute Gasteiger partial charge is 0.394 e. The van der Waals surface area contributed by atoms with Crippen LogP contribution in [0.5, 0.6) is 0 Å². The molecule has 3 aliphatic heterocycles. The van der Waals surface area contributed by atoms with Crippen LogP contribution in [0.15, 0.2) is 0 Å². The first kappa shape index (κ1) is 27.9. The highest BCUT2D eigenvalue weighted by atomic mass is 16.8. The molecule has 0 saturated carbocycles. The molecule has 0 aromatic rings. The van der Waals surface area contributed by atoms with Gasteiger partial charge in [-0.05, 0) is 0 Å². The zero-order valence-electron chi connectivity index (χ0n) is 17.8. The van der Waals surface area contributed by atoms with Gasteiger partial charge in [-0.1, -0.05) is 0 Å². The average molecular weight is 504 g/mol. The Morgan fingerprint density at radius 3 is 1.56 bits per heavy atom. The van der Waals surface area contributed by atoms with Gasteiger partial charge in [0.05, 0.1) is 19.8 Å². The Kier molecular flexibility index (Phi) is 8.85. The van der Waals surface area contributed by atoms with E-state index in [2.05, 4.69) is 0 Å². The van der Waals surface area contributed by atoms with Gasteiger partial charge in [-0.15, -0.1) is 0 Å². The summed E-state index contributed by atoms with van der Waals surface area (Å²) in [5.41, 5.74) is 0. The molecule has 0 aromatic heterocycles. The standard InChI is InChI=1S/C18H32O16/c19-1-6-10(24)14(28)17(4-21,32-6)30-3-8-9(23)12(26)13(27)16(31-8)34-18(5-22)15(29)11(25)7(2-20)33-18/h6-16,19-29H,1-5H2/t6-,7-,8-,9-,10-,11-,12+,13-,14+,15+,16-,17-,18+/m1/s1. The summed E-state index contributed by atoms with van der Waals surface area (Å²) in [5.74, 6) is -4.59. The van der Waals surface area contributed by atoms with Gasteiger partial charge in [-0.25, -0.2) is 0 Å². The number of rotatable bonds is 9. The average Bonchev–Trinajstić information content (AvgIpc) is 3.24. The van der Waals surface area contributed by atoms with Crippen LogP contribution in [0, 0.1) is 0 Å². The maximum absolute atomic E-state index is 10.3. The topological polar surface area (TPSA) is 269 Å². The predicted octanol–water partition coefficient (Wildman–Crippen LogP) is -7.57. The quantitative estimate of drug-likeness (QED) is 0.139. The van der Waals surface area contributed by atoms with Crippen molar-refractivity contribution in [1.82, 2.24) is 0 Å². The second-order valence-corrected chi connectivity index (χ2v) is 8.43. The van der Waals surface area contributed by atoms with Gasteiger partial charge in [0.1, 0.15) is 74.3 Å². The van der Waals surface area contributed by atoms with Crippen molar-refractivity contribution in [1.29, 1.82) is 0 Å². The first-order chi connectivity index (χ1) is 16.0. The van der Waals surface area contributed by atoms with Crippen molar-refractivity contribution in [3.05, 3.63) is 0 Å². The number of aliphatic hydroxyl groups is 11. The van der Waals surface area contributed by atoms with E-state index in [1.54, 1.807) is 0 Å². The summed E-state index contributed by atoms with van der Waals surface area (Å²) >= 11 is 0. The van der Waals surface area contributed by atoms with Crippen LogP contribution in [0.2, 0.25) is 0 Å². The van der Waals surface area contributed by atoms with E-state index < -0.39 is 112 Å². The van der Waals surface area contributed by atoms with Crippen molar-refractivity contribution in [2.45, 2.75) is 78.9 Å². The second kappa shape index (κ2) is 10.8. The van der Waals surface area contributed by atoms with Gasteiger partial charge in [0.15, 0.2) is 6.29 Å². The Balaban J connectivity index is 1.74. The Morgan fingerprint density at radius 2 is 1.09 bits per heavy atom. The zero-order chi connectivity index (χ0) is 25.4. The second-order valence-electron chi connectivity index (χ2n) is 8.43. The number of hydrogen-bond donors (Lipinski definition) is 11. The van der Waals surface area contributed by atoms with Crippen LogP contribution in [0.1, 0.15) is 0 Å².